The van der Waals surface area contributed by atoms with Gasteiger partial charge in [-0.1, -0.05) is 5.16 Å². The average molecular weight is 384 g/mol. The number of rotatable bonds is 5. The number of carbonyl (C=O) groups is 1. The molecule has 0 radical (unpaired) electrons. The molecule has 1 aliphatic rings. The largest absolute Gasteiger partial charge is 0.484 e. The van der Waals surface area contributed by atoms with Gasteiger partial charge in [-0.15, -0.1) is 0 Å². The van der Waals surface area contributed by atoms with Crippen LogP contribution in [0.5, 0.6) is 5.75 Å². The van der Waals surface area contributed by atoms with Crippen LogP contribution in [0, 0.1) is 5.82 Å². The summed E-state index contributed by atoms with van der Waals surface area (Å²) in [7, 11) is 1.93. The topological polar surface area (TPSA) is 73.4 Å². The molecule has 0 saturated carbocycles. The number of aromatic nitrogens is 3. The van der Waals surface area contributed by atoms with E-state index in [1.807, 2.05) is 29.9 Å². The van der Waals surface area contributed by atoms with E-state index >= 15 is 0 Å². The molecule has 3 heterocycles. The fourth-order valence-electron chi connectivity index (χ4n) is 3.34. The molecule has 0 N–H and O–H groups in total. The lowest BCUT2D eigenvalue weighted by Crippen LogP contribution is -2.40. The number of benzene rings is 1. The summed E-state index contributed by atoms with van der Waals surface area (Å²) >= 11 is 0. The summed E-state index contributed by atoms with van der Waals surface area (Å²) in [6.45, 7) is 1.16. The van der Waals surface area contributed by atoms with Gasteiger partial charge in [0.15, 0.2) is 6.61 Å². The molecule has 3 aromatic rings. The second kappa shape index (κ2) is 7.84. The quantitative estimate of drug-likeness (QED) is 0.676. The molecule has 1 aromatic carbocycles. The van der Waals surface area contributed by atoms with Crippen LogP contribution in [0.1, 0.15) is 24.7 Å². The van der Waals surface area contributed by atoms with Crippen molar-refractivity contribution in [3.63, 3.8) is 0 Å². The van der Waals surface area contributed by atoms with Crippen molar-refractivity contribution in [3.05, 3.63) is 54.3 Å². The van der Waals surface area contributed by atoms with E-state index in [-0.39, 0.29) is 24.2 Å². The molecule has 8 heteroatoms. The average Bonchev–Trinajstić information content (AvgIpc) is 3.36. The SMILES string of the molecule is Cn1cccc1-c1noc(C2CCN(C(=O)COc3ccc(F)cc3)CC2)n1. The Hall–Kier alpha value is -3.16. The predicted octanol–water partition coefficient (Wildman–Crippen LogP) is 3.00. The number of nitrogens with zero attached hydrogens (tertiary/aromatic N) is 4. The summed E-state index contributed by atoms with van der Waals surface area (Å²) in [5.74, 6) is 1.39. The Labute approximate surface area is 161 Å². The number of hydrogen-bond acceptors (Lipinski definition) is 5. The Morgan fingerprint density at radius 3 is 2.68 bits per heavy atom. The van der Waals surface area contributed by atoms with E-state index in [1.54, 1.807) is 4.90 Å². The molecule has 2 aromatic heterocycles. The lowest BCUT2D eigenvalue weighted by Gasteiger charge is -2.30. The van der Waals surface area contributed by atoms with Gasteiger partial charge in [-0.3, -0.25) is 4.79 Å². The van der Waals surface area contributed by atoms with Crippen LogP contribution in [0.3, 0.4) is 0 Å². The molecule has 0 bridgehead atoms. The minimum Gasteiger partial charge on any atom is -0.484 e. The smallest absolute Gasteiger partial charge is 0.260 e. The summed E-state index contributed by atoms with van der Waals surface area (Å²) in [6.07, 6.45) is 3.46. The Morgan fingerprint density at radius 2 is 2.00 bits per heavy atom. The van der Waals surface area contributed by atoms with Crippen molar-refractivity contribution in [2.45, 2.75) is 18.8 Å². The monoisotopic (exact) mass is 384 g/mol. The summed E-state index contributed by atoms with van der Waals surface area (Å²) in [5, 5.41) is 4.08. The highest BCUT2D eigenvalue weighted by Gasteiger charge is 2.28. The molecule has 7 nitrogen and oxygen atoms in total. The van der Waals surface area contributed by atoms with Crippen molar-refractivity contribution in [1.29, 1.82) is 0 Å². The molecule has 0 aliphatic carbocycles. The second-order valence-corrected chi connectivity index (χ2v) is 6.86. The van der Waals surface area contributed by atoms with Crippen molar-refractivity contribution in [2.24, 2.45) is 7.05 Å². The molecule has 1 aliphatic heterocycles. The van der Waals surface area contributed by atoms with Gasteiger partial charge in [-0.25, -0.2) is 4.39 Å². The van der Waals surface area contributed by atoms with Crippen LogP contribution >= 0.6 is 0 Å². The Bertz CT molecular complexity index is 943. The molecule has 146 valence electrons. The van der Waals surface area contributed by atoms with Gasteiger partial charge in [0.2, 0.25) is 11.7 Å². The van der Waals surface area contributed by atoms with Crippen LogP contribution < -0.4 is 4.74 Å². The van der Waals surface area contributed by atoms with Gasteiger partial charge in [0, 0.05) is 32.3 Å². The number of carbonyl (C=O) groups excluding carboxylic acids is 1. The van der Waals surface area contributed by atoms with E-state index < -0.39 is 0 Å². The standard InChI is InChI=1S/C20H21FN4O3/c1-24-10-2-3-17(24)19-22-20(28-23-19)14-8-11-25(12-9-14)18(26)13-27-16-6-4-15(21)5-7-16/h2-7,10,14H,8-9,11-13H2,1H3. The van der Waals surface area contributed by atoms with Crippen LogP contribution in [0.4, 0.5) is 4.39 Å². The Balaban J connectivity index is 1.29. The maximum atomic E-state index is 12.9. The first-order valence-electron chi connectivity index (χ1n) is 9.21. The number of ether oxygens (including phenoxy) is 1. The van der Waals surface area contributed by atoms with Crippen LogP contribution in [0.15, 0.2) is 47.1 Å². The molecular formula is C20H21FN4O3. The lowest BCUT2D eigenvalue weighted by molar-refractivity contribution is -0.134. The summed E-state index contributed by atoms with van der Waals surface area (Å²) in [4.78, 5) is 18.7. The van der Waals surface area contributed by atoms with Crippen LogP contribution in [-0.4, -0.2) is 45.2 Å². The normalized spacial score (nSPS) is 15.0. The van der Waals surface area contributed by atoms with Gasteiger partial charge in [-0.05, 0) is 49.2 Å². The van der Waals surface area contributed by atoms with Crippen molar-refractivity contribution in [1.82, 2.24) is 19.6 Å². The third-order valence-electron chi connectivity index (χ3n) is 4.99. The van der Waals surface area contributed by atoms with Crippen LogP contribution in [0.25, 0.3) is 11.5 Å². The first-order valence-corrected chi connectivity index (χ1v) is 9.21. The lowest BCUT2D eigenvalue weighted by atomic mass is 9.97. The van der Waals surface area contributed by atoms with Crippen LogP contribution in [0.2, 0.25) is 0 Å². The molecule has 0 spiro atoms. The first kappa shape index (κ1) is 18.2. The maximum absolute atomic E-state index is 12.9. The molecule has 0 atom stereocenters. The number of hydrogen-bond donors (Lipinski definition) is 0. The van der Waals surface area contributed by atoms with E-state index in [0.29, 0.717) is 30.6 Å². The minimum absolute atomic E-state index is 0.0610. The maximum Gasteiger partial charge on any atom is 0.260 e. The molecule has 1 amide bonds. The van der Waals surface area contributed by atoms with Gasteiger partial charge in [0.05, 0.1) is 5.69 Å². The van der Waals surface area contributed by atoms with Gasteiger partial charge >= 0.3 is 0 Å². The van der Waals surface area contributed by atoms with Crippen molar-refractivity contribution < 1.29 is 18.4 Å². The summed E-state index contributed by atoms with van der Waals surface area (Å²) in [6, 6.07) is 9.50. The van der Waals surface area contributed by atoms with Crippen molar-refractivity contribution >= 4 is 5.91 Å². The molecule has 1 fully saturated rings. The third kappa shape index (κ3) is 3.90. The highest BCUT2D eigenvalue weighted by Crippen LogP contribution is 2.28. The molecular weight excluding hydrogens is 363 g/mol. The van der Waals surface area contributed by atoms with Gasteiger partial charge in [-0.2, -0.15) is 4.98 Å². The number of piperidine rings is 1. The van der Waals surface area contributed by atoms with Crippen molar-refractivity contribution in [2.75, 3.05) is 19.7 Å². The molecule has 4 rings (SSSR count). The third-order valence-corrected chi connectivity index (χ3v) is 4.99. The van der Waals surface area contributed by atoms with E-state index in [2.05, 4.69) is 10.1 Å². The Kier molecular flexibility index (Phi) is 5.10. The van der Waals surface area contributed by atoms with E-state index in [4.69, 9.17) is 9.26 Å². The first-order chi connectivity index (χ1) is 13.6. The number of aryl methyl sites for hydroxylation is 1. The summed E-state index contributed by atoms with van der Waals surface area (Å²) in [5.41, 5.74) is 0.903. The van der Waals surface area contributed by atoms with E-state index in [0.717, 1.165) is 18.5 Å². The van der Waals surface area contributed by atoms with E-state index in [1.165, 1.54) is 24.3 Å². The zero-order valence-electron chi connectivity index (χ0n) is 15.5. The molecule has 0 unspecified atom stereocenters. The number of amides is 1. The number of halogens is 1. The second-order valence-electron chi connectivity index (χ2n) is 6.86. The van der Waals surface area contributed by atoms with Crippen molar-refractivity contribution in [3.8, 4) is 17.3 Å². The van der Waals surface area contributed by atoms with Gasteiger partial charge < -0.3 is 18.7 Å². The predicted molar refractivity (Wildman–Crippen MR) is 99.2 cm³/mol. The fourth-order valence-corrected chi connectivity index (χ4v) is 3.34. The Morgan fingerprint density at radius 1 is 1.25 bits per heavy atom. The minimum atomic E-state index is -0.336. The van der Waals surface area contributed by atoms with Gasteiger partial charge in [0.1, 0.15) is 11.6 Å². The zero-order chi connectivity index (χ0) is 19.5. The van der Waals surface area contributed by atoms with E-state index in [9.17, 15) is 9.18 Å². The number of likely N-dealkylation sites (tertiary alicyclic amines) is 1. The summed E-state index contributed by atoms with van der Waals surface area (Å²) < 4.78 is 25.7. The molecule has 28 heavy (non-hydrogen) atoms. The fraction of sp³-hybridized carbons (Fsp3) is 0.350. The highest BCUT2D eigenvalue weighted by molar-refractivity contribution is 5.77. The highest BCUT2D eigenvalue weighted by atomic mass is 19.1. The van der Waals surface area contributed by atoms with Crippen LogP contribution in [-0.2, 0) is 11.8 Å². The molecule has 1 saturated heterocycles. The zero-order valence-corrected chi connectivity index (χ0v) is 15.5. The van der Waals surface area contributed by atoms with Gasteiger partial charge in [0.25, 0.3) is 5.91 Å².